The maximum absolute atomic E-state index is 14.0. The Morgan fingerprint density at radius 1 is 1.22 bits per heavy atom. The first-order chi connectivity index (χ1) is 21.1. The number of quaternary nitrogens is 1. The minimum absolute atomic E-state index is 0.0678. The summed E-state index contributed by atoms with van der Waals surface area (Å²) in [7, 11) is -2.73. The molecule has 1 aliphatic heterocycles. The van der Waals surface area contributed by atoms with Crippen molar-refractivity contribution < 1.29 is 41.8 Å². The fourth-order valence-corrected chi connectivity index (χ4v) is 5.94. The van der Waals surface area contributed by atoms with Gasteiger partial charge in [0.05, 0.1) is 13.0 Å². The number of ether oxygens (including phenoxy) is 1. The number of rotatable bonds is 11. The van der Waals surface area contributed by atoms with E-state index >= 15 is 0 Å². The molecule has 0 spiro atoms. The SMILES string of the molecule is CNC(=O)[C@H](CCN)NC(=O)C[N@+]1(c2ccc3[nH]c(S(N)(=O)=O)cc3c2)CCC(O)(OC(=O)NCc2cc(F)cc(Cl)c2)C1=O. The fourth-order valence-electron chi connectivity index (χ4n) is 5.15. The Morgan fingerprint density at radius 3 is 2.60 bits per heavy atom. The molecule has 15 nitrogen and oxygen atoms in total. The molecule has 1 fully saturated rings. The van der Waals surface area contributed by atoms with E-state index in [0.29, 0.717) is 10.9 Å². The highest BCUT2D eigenvalue weighted by molar-refractivity contribution is 7.89. The van der Waals surface area contributed by atoms with Gasteiger partial charge in [-0.1, -0.05) is 11.6 Å². The van der Waals surface area contributed by atoms with Gasteiger partial charge in [0.1, 0.15) is 22.6 Å². The van der Waals surface area contributed by atoms with Gasteiger partial charge in [0.25, 0.3) is 15.9 Å². The summed E-state index contributed by atoms with van der Waals surface area (Å²) in [6.45, 7) is -1.06. The molecule has 0 bridgehead atoms. The van der Waals surface area contributed by atoms with E-state index in [4.69, 9.17) is 27.2 Å². The quantitative estimate of drug-likeness (QED) is 0.108. The molecule has 18 heteroatoms. The van der Waals surface area contributed by atoms with Crippen molar-refractivity contribution >= 4 is 62.0 Å². The molecule has 9 N–H and O–H groups in total. The number of amides is 4. The van der Waals surface area contributed by atoms with Crippen LogP contribution in [0.15, 0.2) is 47.5 Å². The van der Waals surface area contributed by atoms with Crippen LogP contribution in [0.2, 0.25) is 5.02 Å². The number of carbonyl (C=O) groups excluding carboxylic acids is 4. The third-order valence-corrected chi connectivity index (χ3v) is 8.37. The predicted octanol–water partition coefficient (Wildman–Crippen LogP) is 0.0400. The number of nitrogens with zero attached hydrogens (tertiary/aromatic N) is 1. The van der Waals surface area contributed by atoms with Gasteiger partial charge in [-0.25, -0.2) is 32.0 Å². The van der Waals surface area contributed by atoms with Gasteiger partial charge < -0.3 is 36.5 Å². The summed E-state index contributed by atoms with van der Waals surface area (Å²) in [6.07, 6.45) is -1.56. The Labute approximate surface area is 261 Å². The molecule has 2 heterocycles. The number of aromatic nitrogens is 1. The number of H-pyrrole nitrogens is 1. The molecule has 1 saturated heterocycles. The zero-order valence-electron chi connectivity index (χ0n) is 23.9. The summed E-state index contributed by atoms with van der Waals surface area (Å²) in [5.41, 5.74) is 6.37. The van der Waals surface area contributed by atoms with Crippen LogP contribution in [0.25, 0.3) is 10.9 Å². The molecule has 3 atom stereocenters. The standard InChI is InChI=1S/C27H31ClFN7O8S/c1-32-24(38)21(4-6-30)34-22(37)14-36(19-2-3-20-16(10-19)11-23(35-20)45(31,42)43)7-5-27(41,25(36)39)44-26(40)33-13-15-8-17(28)12-18(29)9-15/h2-3,8-12,21,35,41H,4-7,13-14,30H2,1H3,(H4-,31,32,33,34,37,38,40,42,43)/p+1/t21-,27?,36-/m0/s1. The highest BCUT2D eigenvalue weighted by Gasteiger charge is 2.63. The van der Waals surface area contributed by atoms with E-state index in [9.17, 15) is 37.1 Å². The first-order valence-electron chi connectivity index (χ1n) is 13.5. The van der Waals surface area contributed by atoms with Crippen LogP contribution >= 0.6 is 11.6 Å². The van der Waals surface area contributed by atoms with E-state index in [1.54, 1.807) is 0 Å². The first-order valence-corrected chi connectivity index (χ1v) is 15.5. The van der Waals surface area contributed by atoms with Crippen LogP contribution < -0.4 is 31.3 Å². The van der Waals surface area contributed by atoms with Gasteiger partial charge in [0.15, 0.2) is 6.54 Å². The summed E-state index contributed by atoms with van der Waals surface area (Å²) >= 11 is 5.84. The third-order valence-electron chi connectivity index (χ3n) is 7.32. The number of carbonyl (C=O) groups is 4. The van der Waals surface area contributed by atoms with E-state index in [-0.39, 0.29) is 47.4 Å². The van der Waals surface area contributed by atoms with Crippen molar-refractivity contribution in [2.75, 3.05) is 26.7 Å². The van der Waals surface area contributed by atoms with E-state index in [0.717, 1.165) is 12.1 Å². The number of aromatic amines is 1. The Kier molecular flexibility index (Phi) is 9.81. The lowest BCUT2D eigenvalue weighted by molar-refractivity contribution is -0.181. The molecule has 1 unspecified atom stereocenters. The average Bonchev–Trinajstić information content (AvgIpc) is 3.50. The van der Waals surface area contributed by atoms with Crippen LogP contribution in [0, 0.1) is 5.82 Å². The van der Waals surface area contributed by atoms with Crippen LogP contribution in [0.1, 0.15) is 18.4 Å². The largest absolute Gasteiger partial charge is 0.410 e. The molecule has 1 aliphatic rings. The number of aliphatic hydroxyl groups is 1. The monoisotopic (exact) mass is 668 g/mol. The van der Waals surface area contributed by atoms with Crippen molar-refractivity contribution in [2.24, 2.45) is 10.9 Å². The summed E-state index contributed by atoms with van der Waals surface area (Å²) in [5.74, 6) is -5.72. The average molecular weight is 669 g/mol. The topological polar surface area (TPSA) is 236 Å². The summed E-state index contributed by atoms with van der Waals surface area (Å²) in [6, 6.07) is 8.14. The minimum Gasteiger partial charge on any atom is -0.402 e. The van der Waals surface area contributed by atoms with Crippen LogP contribution in [0.4, 0.5) is 14.9 Å². The summed E-state index contributed by atoms with van der Waals surface area (Å²) < 4.78 is 41.7. The number of alkyl carbamates (subject to hydrolysis) is 1. The van der Waals surface area contributed by atoms with Crippen LogP contribution in [0.5, 0.6) is 0 Å². The molecular weight excluding hydrogens is 637 g/mol. The fraction of sp³-hybridized carbons (Fsp3) is 0.333. The van der Waals surface area contributed by atoms with E-state index in [1.807, 2.05) is 0 Å². The highest BCUT2D eigenvalue weighted by Crippen LogP contribution is 2.38. The maximum Gasteiger partial charge on any atom is 0.410 e. The van der Waals surface area contributed by atoms with Crippen molar-refractivity contribution in [3.8, 4) is 0 Å². The molecule has 0 saturated carbocycles. The lowest BCUT2D eigenvalue weighted by atomic mass is 10.1. The maximum atomic E-state index is 14.0. The molecule has 3 aromatic rings. The number of nitrogens with one attached hydrogen (secondary N) is 4. The van der Waals surface area contributed by atoms with E-state index in [1.165, 1.54) is 37.4 Å². The van der Waals surface area contributed by atoms with Gasteiger partial charge >= 0.3 is 17.8 Å². The second-order valence-electron chi connectivity index (χ2n) is 10.5. The van der Waals surface area contributed by atoms with Gasteiger partial charge in [0.2, 0.25) is 5.91 Å². The number of fused-ring (bicyclic) bond motifs is 1. The Bertz CT molecular complexity index is 1750. The molecular formula is C27H32ClFN7O8S+. The molecule has 242 valence electrons. The number of nitrogens with two attached hydrogens (primary N) is 2. The Hall–Kier alpha value is -4.13. The molecule has 4 amide bonds. The number of benzene rings is 2. The van der Waals surface area contributed by atoms with Crippen LogP contribution in [0.3, 0.4) is 0 Å². The summed E-state index contributed by atoms with van der Waals surface area (Å²) in [4.78, 5) is 55.0. The second kappa shape index (κ2) is 13.1. The molecule has 0 aliphatic carbocycles. The van der Waals surface area contributed by atoms with Gasteiger partial charge in [-0.15, -0.1) is 0 Å². The normalized spacial score (nSPS) is 20.5. The van der Waals surface area contributed by atoms with E-state index < -0.39 is 68.9 Å². The highest BCUT2D eigenvalue weighted by atomic mass is 35.5. The first kappa shape index (κ1) is 33.8. The Balaban J connectivity index is 1.65. The predicted molar refractivity (Wildman–Crippen MR) is 160 cm³/mol. The molecule has 0 radical (unpaired) electrons. The number of likely N-dealkylation sites (tertiary alicyclic amines) is 1. The van der Waals surface area contributed by atoms with Gasteiger partial charge in [-0.3, -0.25) is 9.59 Å². The van der Waals surface area contributed by atoms with E-state index in [2.05, 4.69) is 20.9 Å². The number of primary sulfonamides is 1. The van der Waals surface area contributed by atoms with Gasteiger partial charge in [-0.2, -0.15) is 0 Å². The van der Waals surface area contributed by atoms with Crippen molar-refractivity contribution in [3.05, 3.63) is 58.9 Å². The summed E-state index contributed by atoms with van der Waals surface area (Å²) in [5, 5.41) is 23.9. The zero-order valence-corrected chi connectivity index (χ0v) is 25.5. The van der Waals surface area contributed by atoms with Crippen molar-refractivity contribution in [1.82, 2.24) is 25.4 Å². The number of hydrogen-bond acceptors (Lipinski definition) is 9. The molecule has 4 rings (SSSR count). The van der Waals surface area contributed by atoms with Crippen molar-refractivity contribution in [1.29, 1.82) is 0 Å². The van der Waals surface area contributed by atoms with Gasteiger partial charge in [-0.05, 0) is 48.9 Å². The van der Waals surface area contributed by atoms with Crippen molar-refractivity contribution in [3.63, 3.8) is 0 Å². The number of halogens is 2. The zero-order chi connectivity index (χ0) is 33.2. The molecule has 45 heavy (non-hydrogen) atoms. The lowest BCUT2D eigenvalue weighted by Gasteiger charge is -2.32. The number of sulfonamides is 1. The lowest BCUT2D eigenvalue weighted by Crippen LogP contribution is -2.61. The Morgan fingerprint density at radius 2 is 1.96 bits per heavy atom. The smallest absolute Gasteiger partial charge is 0.402 e. The van der Waals surface area contributed by atoms with Crippen LogP contribution in [-0.4, -0.2) is 80.8 Å². The van der Waals surface area contributed by atoms with Crippen molar-refractivity contribution in [2.45, 2.75) is 36.2 Å². The number of likely N-dealkylation sites (N-methyl/N-ethyl adjacent to an activating group) is 1. The second-order valence-corrected chi connectivity index (χ2v) is 12.4. The minimum atomic E-state index is -4.11. The number of hydrogen-bond donors (Lipinski definition) is 7. The molecule has 2 aromatic carbocycles. The van der Waals surface area contributed by atoms with Gasteiger partial charge in [0, 0.05) is 41.7 Å². The molecule has 1 aromatic heterocycles. The van der Waals surface area contributed by atoms with Crippen LogP contribution in [-0.2, 0) is 35.7 Å². The third kappa shape index (κ3) is 7.41.